The van der Waals surface area contributed by atoms with Gasteiger partial charge in [-0.2, -0.15) is 0 Å². The largest absolute Gasteiger partial charge is 0.357 e. The summed E-state index contributed by atoms with van der Waals surface area (Å²) in [5.74, 6) is 0.991. The van der Waals surface area contributed by atoms with Crippen LogP contribution in [-0.2, 0) is 0 Å². The molecule has 3 heterocycles. The van der Waals surface area contributed by atoms with Gasteiger partial charge >= 0.3 is 0 Å². The summed E-state index contributed by atoms with van der Waals surface area (Å²) in [5.41, 5.74) is 0.664. The molecule has 0 unspecified atom stereocenters. The van der Waals surface area contributed by atoms with Gasteiger partial charge in [0.05, 0.1) is 17.9 Å². The number of hydrogen-bond donors (Lipinski definition) is 0. The summed E-state index contributed by atoms with van der Waals surface area (Å²) in [6, 6.07) is 4.15. The van der Waals surface area contributed by atoms with Gasteiger partial charge in [-0.25, -0.2) is 9.97 Å². The Morgan fingerprint density at radius 1 is 1.33 bits per heavy atom. The zero-order valence-electron chi connectivity index (χ0n) is 14.4. The molecule has 1 fully saturated rings. The molecule has 1 amide bonds. The molecule has 1 atom stereocenters. The molecule has 0 saturated carbocycles. The lowest BCUT2D eigenvalue weighted by Crippen LogP contribution is -2.40. The molecule has 0 N–H and O–H groups in total. The van der Waals surface area contributed by atoms with Crippen LogP contribution in [0.5, 0.6) is 0 Å². The monoisotopic (exact) mass is 327 g/mol. The van der Waals surface area contributed by atoms with Crippen molar-refractivity contribution in [2.75, 3.05) is 31.1 Å². The standard InChI is InChI=1S/C18H25N5O/c1-3-21(4-2)17-8-7-15(12-20-17)18(24)22-10-5-6-16(13-22)23-11-9-19-14-23/h7-9,11-12,14,16H,3-6,10,13H2,1-2H3/t16-/m0/s1. The first kappa shape index (κ1) is 16.5. The van der Waals surface area contributed by atoms with Crippen molar-refractivity contribution in [3.8, 4) is 0 Å². The van der Waals surface area contributed by atoms with Gasteiger partial charge < -0.3 is 14.4 Å². The van der Waals surface area contributed by atoms with Crippen LogP contribution in [0.1, 0.15) is 43.1 Å². The maximum absolute atomic E-state index is 12.8. The number of nitrogens with zero attached hydrogens (tertiary/aromatic N) is 5. The highest BCUT2D eigenvalue weighted by atomic mass is 16.2. The summed E-state index contributed by atoms with van der Waals surface area (Å²) < 4.78 is 2.10. The number of likely N-dealkylation sites (tertiary alicyclic amines) is 1. The van der Waals surface area contributed by atoms with Crippen LogP contribution >= 0.6 is 0 Å². The van der Waals surface area contributed by atoms with Crippen LogP contribution in [0, 0.1) is 0 Å². The first-order chi connectivity index (χ1) is 11.7. The molecule has 24 heavy (non-hydrogen) atoms. The lowest BCUT2D eigenvalue weighted by atomic mass is 10.0. The van der Waals surface area contributed by atoms with Crippen molar-refractivity contribution in [2.45, 2.75) is 32.7 Å². The van der Waals surface area contributed by atoms with Gasteiger partial charge in [-0.1, -0.05) is 0 Å². The van der Waals surface area contributed by atoms with Crippen LogP contribution in [0.4, 0.5) is 5.82 Å². The minimum absolute atomic E-state index is 0.0680. The predicted octanol–water partition coefficient (Wildman–Crippen LogP) is 2.60. The fourth-order valence-corrected chi connectivity index (χ4v) is 3.30. The number of carbonyl (C=O) groups is 1. The average Bonchev–Trinajstić information content (AvgIpc) is 3.18. The Kier molecular flexibility index (Phi) is 5.13. The maximum atomic E-state index is 12.8. The van der Waals surface area contributed by atoms with Gasteiger partial charge in [0.15, 0.2) is 0 Å². The first-order valence-corrected chi connectivity index (χ1v) is 8.70. The number of carbonyl (C=O) groups excluding carboxylic acids is 1. The Labute approximate surface area is 143 Å². The molecular formula is C18H25N5O. The molecule has 0 radical (unpaired) electrons. The number of hydrogen-bond acceptors (Lipinski definition) is 4. The molecule has 3 rings (SSSR count). The highest BCUT2D eigenvalue weighted by Crippen LogP contribution is 2.23. The topological polar surface area (TPSA) is 54.3 Å². The molecule has 2 aromatic rings. The van der Waals surface area contributed by atoms with Crippen molar-refractivity contribution in [3.05, 3.63) is 42.6 Å². The summed E-state index contributed by atoms with van der Waals surface area (Å²) in [6.07, 6.45) is 9.39. The zero-order chi connectivity index (χ0) is 16.9. The lowest BCUT2D eigenvalue weighted by Gasteiger charge is -2.33. The highest BCUT2D eigenvalue weighted by molar-refractivity contribution is 5.94. The van der Waals surface area contributed by atoms with E-state index in [0.717, 1.165) is 44.8 Å². The number of anilines is 1. The van der Waals surface area contributed by atoms with E-state index in [9.17, 15) is 4.79 Å². The van der Waals surface area contributed by atoms with E-state index in [4.69, 9.17) is 0 Å². The van der Waals surface area contributed by atoms with Gasteiger partial charge in [-0.05, 0) is 38.8 Å². The molecule has 0 aromatic carbocycles. The van der Waals surface area contributed by atoms with Gasteiger partial charge in [0.1, 0.15) is 5.82 Å². The maximum Gasteiger partial charge on any atom is 0.255 e. The van der Waals surface area contributed by atoms with Crippen molar-refractivity contribution in [3.63, 3.8) is 0 Å². The van der Waals surface area contributed by atoms with Crippen LogP contribution in [-0.4, -0.2) is 51.5 Å². The van der Waals surface area contributed by atoms with E-state index in [1.54, 1.807) is 12.4 Å². The van der Waals surface area contributed by atoms with Gasteiger partial charge in [0.25, 0.3) is 5.91 Å². The summed E-state index contributed by atoms with van der Waals surface area (Å²) in [6.45, 7) is 7.57. The van der Waals surface area contributed by atoms with Crippen molar-refractivity contribution >= 4 is 11.7 Å². The summed E-state index contributed by atoms with van der Waals surface area (Å²) in [7, 11) is 0. The van der Waals surface area contributed by atoms with Crippen LogP contribution in [0.3, 0.4) is 0 Å². The SMILES string of the molecule is CCN(CC)c1ccc(C(=O)N2CCC[C@H](n3ccnc3)C2)cn1. The van der Waals surface area contributed by atoms with E-state index >= 15 is 0 Å². The molecule has 6 heteroatoms. The quantitative estimate of drug-likeness (QED) is 0.847. The third kappa shape index (κ3) is 3.42. The Balaban J connectivity index is 1.69. The number of piperidine rings is 1. The van der Waals surface area contributed by atoms with Gasteiger partial charge in [-0.15, -0.1) is 0 Å². The van der Waals surface area contributed by atoms with E-state index in [2.05, 4.69) is 33.3 Å². The molecule has 1 saturated heterocycles. The fourth-order valence-electron chi connectivity index (χ4n) is 3.30. The number of amides is 1. The third-order valence-corrected chi connectivity index (χ3v) is 4.71. The molecule has 0 aliphatic carbocycles. The van der Waals surface area contributed by atoms with Crippen LogP contribution in [0.2, 0.25) is 0 Å². The number of imidazole rings is 1. The Bertz CT molecular complexity index is 649. The van der Waals surface area contributed by atoms with Crippen molar-refractivity contribution in [1.29, 1.82) is 0 Å². The number of rotatable bonds is 5. The van der Waals surface area contributed by atoms with Crippen LogP contribution < -0.4 is 4.90 Å². The number of aromatic nitrogens is 3. The van der Waals surface area contributed by atoms with Crippen LogP contribution in [0.15, 0.2) is 37.1 Å². The molecule has 1 aliphatic heterocycles. The third-order valence-electron chi connectivity index (χ3n) is 4.71. The predicted molar refractivity (Wildman–Crippen MR) is 94.2 cm³/mol. The lowest BCUT2D eigenvalue weighted by molar-refractivity contribution is 0.0679. The molecule has 128 valence electrons. The molecular weight excluding hydrogens is 302 g/mol. The van der Waals surface area contributed by atoms with E-state index in [1.807, 2.05) is 29.6 Å². The first-order valence-electron chi connectivity index (χ1n) is 8.70. The summed E-state index contributed by atoms with van der Waals surface area (Å²) in [4.78, 5) is 25.5. The highest BCUT2D eigenvalue weighted by Gasteiger charge is 2.25. The fraction of sp³-hybridized carbons (Fsp3) is 0.500. The Hall–Kier alpha value is -2.37. The second kappa shape index (κ2) is 7.47. The van der Waals surface area contributed by atoms with E-state index < -0.39 is 0 Å². The molecule has 0 bridgehead atoms. The molecule has 0 spiro atoms. The van der Waals surface area contributed by atoms with Crippen LogP contribution in [0.25, 0.3) is 0 Å². The minimum Gasteiger partial charge on any atom is -0.357 e. The average molecular weight is 327 g/mol. The van der Waals surface area contributed by atoms with Crippen molar-refractivity contribution in [2.24, 2.45) is 0 Å². The second-order valence-electron chi connectivity index (χ2n) is 6.13. The summed E-state index contributed by atoms with van der Waals surface area (Å²) >= 11 is 0. The number of pyridine rings is 1. The van der Waals surface area contributed by atoms with Crippen molar-refractivity contribution < 1.29 is 4.79 Å². The van der Waals surface area contributed by atoms with Gasteiger partial charge in [0.2, 0.25) is 0 Å². The second-order valence-corrected chi connectivity index (χ2v) is 6.13. The summed E-state index contributed by atoms with van der Waals surface area (Å²) in [5, 5.41) is 0. The Morgan fingerprint density at radius 2 is 2.17 bits per heavy atom. The molecule has 6 nitrogen and oxygen atoms in total. The molecule has 2 aromatic heterocycles. The van der Waals surface area contributed by atoms with E-state index in [0.29, 0.717) is 11.6 Å². The molecule has 1 aliphatic rings. The van der Waals surface area contributed by atoms with Crippen molar-refractivity contribution in [1.82, 2.24) is 19.4 Å². The normalized spacial score (nSPS) is 17.8. The zero-order valence-corrected chi connectivity index (χ0v) is 14.4. The van der Waals surface area contributed by atoms with E-state index in [-0.39, 0.29) is 5.91 Å². The van der Waals surface area contributed by atoms with Gasteiger partial charge in [-0.3, -0.25) is 4.79 Å². The Morgan fingerprint density at radius 3 is 2.79 bits per heavy atom. The smallest absolute Gasteiger partial charge is 0.255 e. The minimum atomic E-state index is 0.0680. The van der Waals surface area contributed by atoms with E-state index in [1.165, 1.54) is 0 Å². The van der Waals surface area contributed by atoms with Gasteiger partial charge in [0, 0.05) is 44.8 Å².